The number of ether oxygens (including phenoxy) is 3. The van der Waals surface area contributed by atoms with Crippen LogP contribution in [0.5, 0.6) is 0 Å². The predicted octanol–water partition coefficient (Wildman–Crippen LogP) is -1.18. The molecule has 0 aromatic rings. The van der Waals surface area contributed by atoms with Crippen molar-refractivity contribution >= 4 is 13.6 Å². The Morgan fingerprint density at radius 3 is 3.09 bits per heavy atom. The first-order valence-corrected chi connectivity index (χ1v) is 3.43. The molecule has 2 unspecified atom stereocenters. The standard InChI is InChI=1S/C6H7BO4/c7-6-4(8)5-3(11-6)1-9-2-10-5/h3,5-6H,1-2H2/t3?,5-,6?/m1/s1. The zero-order valence-electron chi connectivity index (χ0n) is 5.86. The quantitative estimate of drug-likeness (QED) is 0.412. The maximum atomic E-state index is 11.1. The summed E-state index contributed by atoms with van der Waals surface area (Å²) in [6.45, 7) is 0.549. The van der Waals surface area contributed by atoms with Crippen molar-refractivity contribution in [3.8, 4) is 0 Å². The normalized spacial score (nSPS) is 44.0. The molecule has 0 N–H and O–H groups in total. The summed E-state index contributed by atoms with van der Waals surface area (Å²) >= 11 is 0. The third-order valence-electron chi connectivity index (χ3n) is 1.83. The van der Waals surface area contributed by atoms with E-state index < -0.39 is 12.1 Å². The van der Waals surface area contributed by atoms with Gasteiger partial charge in [0.25, 0.3) is 0 Å². The van der Waals surface area contributed by atoms with Gasteiger partial charge in [-0.2, -0.15) is 0 Å². The maximum Gasteiger partial charge on any atom is 0.183 e. The summed E-state index contributed by atoms with van der Waals surface area (Å²) in [5.41, 5.74) is 0. The molecule has 2 heterocycles. The first-order valence-electron chi connectivity index (χ1n) is 3.43. The molecule has 0 aromatic heterocycles. The molecule has 0 saturated carbocycles. The number of fused-ring (bicyclic) bond motifs is 1. The van der Waals surface area contributed by atoms with Crippen LogP contribution in [0.15, 0.2) is 0 Å². The fourth-order valence-electron chi connectivity index (χ4n) is 1.27. The Morgan fingerprint density at radius 1 is 1.55 bits per heavy atom. The van der Waals surface area contributed by atoms with Crippen LogP contribution in [0.1, 0.15) is 0 Å². The minimum absolute atomic E-state index is 0.156. The van der Waals surface area contributed by atoms with Gasteiger partial charge in [-0.3, -0.25) is 4.79 Å². The van der Waals surface area contributed by atoms with Gasteiger partial charge in [-0.05, 0) is 0 Å². The van der Waals surface area contributed by atoms with Crippen LogP contribution in [-0.2, 0) is 19.0 Å². The summed E-state index contributed by atoms with van der Waals surface area (Å²) in [5.74, 6) is -0.182. The Kier molecular flexibility index (Phi) is 1.71. The van der Waals surface area contributed by atoms with Crippen molar-refractivity contribution in [3.05, 3.63) is 0 Å². The summed E-state index contributed by atoms with van der Waals surface area (Å²) in [6.07, 6.45) is -0.801. The molecule has 0 spiro atoms. The highest BCUT2D eigenvalue weighted by Gasteiger charge is 2.43. The van der Waals surface area contributed by atoms with E-state index in [1.807, 2.05) is 0 Å². The van der Waals surface area contributed by atoms with Gasteiger partial charge in [0.2, 0.25) is 0 Å². The van der Waals surface area contributed by atoms with Crippen LogP contribution in [0.4, 0.5) is 0 Å². The molecule has 4 nitrogen and oxygen atoms in total. The average Bonchev–Trinajstić information content (AvgIpc) is 2.30. The molecule has 2 aliphatic rings. The Labute approximate surface area is 65.2 Å². The fourth-order valence-corrected chi connectivity index (χ4v) is 1.27. The van der Waals surface area contributed by atoms with Crippen LogP contribution in [0.25, 0.3) is 0 Å². The predicted molar refractivity (Wildman–Crippen MR) is 35.1 cm³/mol. The molecule has 0 bridgehead atoms. The summed E-state index contributed by atoms with van der Waals surface area (Å²) in [6, 6.07) is -0.827. The number of carbonyl (C=O) groups excluding carboxylic acids is 1. The molecular formula is C6H7BO4. The molecule has 2 aliphatic heterocycles. The second-order valence-electron chi connectivity index (χ2n) is 2.57. The SMILES string of the molecule is [B]C1OC2COCO[C@H]2C1=O. The topological polar surface area (TPSA) is 44.8 Å². The minimum Gasteiger partial charge on any atom is -0.372 e. The van der Waals surface area contributed by atoms with Gasteiger partial charge in [0.15, 0.2) is 5.78 Å². The highest BCUT2D eigenvalue weighted by Crippen LogP contribution is 2.21. The van der Waals surface area contributed by atoms with E-state index in [0.717, 1.165) is 0 Å². The lowest BCUT2D eigenvalue weighted by Gasteiger charge is -2.22. The van der Waals surface area contributed by atoms with Crippen LogP contribution < -0.4 is 0 Å². The Balaban J connectivity index is 2.11. The molecule has 2 rings (SSSR count). The first-order chi connectivity index (χ1) is 5.29. The molecule has 58 valence electrons. The van der Waals surface area contributed by atoms with Crippen molar-refractivity contribution in [1.82, 2.24) is 0 Å². The lowest BCUT2D eigenvalue weighted by molar-refractivity contribution is -0.180. The molecule has 0 aromatic carbocycles. The first kappa shape index (κ1) is 7.27. The second kappa shape index (κ2) is 2.58. The van der Waals surface area contributed by atoms with E-state index in [1.165, 1.54) is 0 Å². The van der Waals surface area contributed by atoms with Crippen molar-refractivity contribution in [1.29, 1.82) is 0 Å². The van der Waals surface area contributed by atoms with E-state index in [0.29, 0.717) is 6.61 Å². The van der Waals surface area contributed by atoms with E-state index in [9.17, 15) is 4.79 Å². The average molecular weight is 154 g/mol. The Morgan fingerprint density at radius 2 is 2.36 bits per heavy atom. The van der Waals surface area contributed by atoms with Crippen molar-refractivity contribution in [2.45, 2.75) is 18.2 Å². The molecule has 2 saturated heterocycles. The van der Waals surface area contributed by atoms with E-state index in [2.05, 4.69) is 0 Å². The molecule has 2 radical (unpaired) electrons. The van der Waals surface area contributed by atoms with Gasteiger partial charge in [0.1, 0.15) is 26.8 Å². The van der Waals surface area contributed by atoms with Crippen molar-refractivity contribution in [2.75, 3.05) is 13.4 Å². The Bertz CT molecular complexity index is 183. The molecule has 3 atom stereocenters. The molecule has 11 heavy (non-hydrogen) atoms. The number of ketones is 1. The van der Waals surface area contributed by atoms with Crippen LogP contribution in [-0.4, -0.2) is 45.2 Å². The summed E-state index contributed by atoms with van der Waals surface area (Å²) in [7, 11) is 5.33. The lowest BCUT2D eigenvalue weighted by Crippen LogP contribution is -2.39. The summed E-state index contributed by atoms with van der Waals surface area (Å²) < 4.78 is 15.0. The number of hydrogen-bond donors (Lipinski definition) is 0. The molecule has 0 aliphatic carbocycles. The van der Waals surface area contributed by atoms with Gasteiger partial charge in [-0.15, -0.1) is 0 Å². The van der Waals surface area contributed by atoms with Crippen LogP contribution >= 0.6 is 0 Å². The smallest absolute Gasteiger partial charge is 0.183 e. The highest BCUT2D eigenvalue weighted by atomic mass is 16.7. The van der Waals surface area contributed by atoms with Crippen LogP contribution in [0.2, 0.25) is 0 Å². The van der Waals surface area contributed by atoms with E-state index in [-0.39, 0.29) is 18.7 Å². The number of hydrogen-bond acceptors (Lipinski definition) is 4. The van der Waals surface area contributed by atoms with E-state index in [4.69, 9.17) is 22.1 Å². The lowest BCUT2D eigenvalue weighted by atomic mass is 9.94. The number of Topliss-reactive ketones (excluding diaryl/α,β-unsaturated/α-hetero) is 1. The number of carbonyl (C=O) groups is 1. The molecule has 2 fully saturated rings. The Hall–Kier alpha value is -0.385. The van der Waals surface area contributed by atoms with Gasteiger partial charge in [0.05, 0.1) is 12.6 Å². The maximum absolute atomic E-state index is 11.1. The molecule has 5 heteroatoms. The summed E-state index contributed by atoms with van der Waals surface area (Å²) in [4.78, 5) is 11.1. The fraction of sp³-hybridized carbons (Fsp3) is 0.833. The monoisotopic (exact) mass is 154 g/mol. The zero-order chi connectivity index (χ0) is 7.84. The van der Waals surface area contributed by atoms with Gasteiger partial charge >= 0.3 is 0 Å². The van der Waals surface area contributed by atoms with Gasteiger partial charge < -0.3 is 14.2 Å². The third-order valence-corrected chi connectivity index (χ3v) is 1.83. The third kappa shape index (κ3) is 1.09. The summed E-state index contributed by atoms with van der Waals surface area (Å²) in [5, 5.41) is 0. The van der Waals surface area contributed by atoms with Crippen molar-refractivity contribution < 1.29 is 19.0 Å². The van der Waals surface area contributed by atoms with Gasteiger partial charge in [-0.25, -0.2) is 0 Å². The van der Waals surface area contributed by atoms with Crippen LogP contribution in [0, 0.1) is 0 Å². The van der Waals surface area contributed by atoms with Crippen LogP contribution in [0.3, 0.4) is 0 Å². The van der Waals surface area contributed by atoms with Gasteiger partial charge in [-0.1, -0.05) is 0 Å². The van der Waals surface area contributed by atoms with E-state index >= 15 is 0 Å². The number of rotatable bonds is 0. The molecule has 0 amide bonds. The van der Waals surface area contributed by atoms with Crippen molar-refractivity contribution in [3.63, 3.8) is 0 Å². The largest absolute Gasteiger partial charge is 0.372 e. The zero-order valence-corrected chi connectivity index (χ0v) is 5.86. The van der Waals surface area contributed by atoms with Crippen molar-refractivity contribution in [2.24, 2.45) is 0 Å². The second-order valence-corrected chi connectivity index (χ2v) is 2.57. The highest BCUT2D eigenvalue weighted by molar-refractivity contribution is 6.25. The molecular weight excluding hydrogens is 147 g/mol. The minimum atomic E-state index is -0.827. The van der Waals surface area contributed by atoms with Gasteiger partial charge in [0, 0.05) is 0 Å². The van der Waals surface area contributed by atoms with E-state index in [1.54, 1.807) is 0 Å².